The maximum absolute atomic E-state index is 11.9. The molecule has 2 rings (SSSR count). The summed E-state index contributed by atoms with van der Waals surface area (Å²) in [6.07, 6.45) is 4.18. The monoisotopic (exact) mass is 263 g/mol. The van der Waals surface area contributed by atoms with Crippen LogP contribution in [0.25, 0.3) is 0 Å². The van der Waals surface area contributed by atoms with Crippen LogP contribution in [0, 0.1) is 0 Å². The van der Waals surface area contributed by atoms with Crippen molar-refractivity contribution in [3.63, 3.8) is 0 Å². The van der Waals surface area contributed by atoms with Crippen LogP contribution in [0.15, 0.2) is 18.2 Å². The molecule has 1 aliphatic rings. The number of ether oxygens (including phenoxy) is 1. The van der Waals surface area contributed by atoms with E-state index in [2.05, 4.69) is 11.4 Å². The fourth-order valence-electron chi connectivity index (χ4n) is 2.36. The molecule has 1 amide bonds. The van der Waals surface area contributed by atoms with Gasteiger partial charge in [-0.3, -0.25) is 4.79 Å². The van der Waals surface area contributed by atoms with Gasteiger partial charge >= 0.3 is 0 Å². The minimum absolute atomic E-state index is 0.0168. The molecule has 1 aromatic rings. The van der Waals surface area contributed by atoms with E-state index in [9.17, 15) is 4.79 Å². The van der Waals surface area contributed by atoms with Crippen LogP contribution in [0.3, 0.4) is 0 Å². The van der Waals surface area contributed by atoms with E-state index in [-0.39, 0.29) is 12.5 Å². The van der Waals surface area contributed by atoms with Gasteiger partial charge in [-0.15, -0.1) is 0 Å². The molecule has 0 aromatic heterocycles. The first-order chi connectivity index (χ1) is 9.31. The van der Waals surface area contributed by atoms with Crippen molar-refractivity contribution < 1.29 is 14.6 Å². The van der Waals surface area contributed by atoms with Gasteiger partial charge in [-0.25, -0.2) is 0 Å². The number of benzene rings is 1. The summed E-state index contributed by atoms with van der Waals surface area (Å²) < 4.78 is 5.13. The van der Waals surface area contributed by atoms with E-state index in [0.29, 0.717) is 19.8 Å². The summed E-state index contributed by atoms with van der Waals surface area (Å²) in [6, 6.07) is 5.99. The molecule has 1 aromatic carbocycles. The Hall–Kier alpha value is -1.39. The molecule has 2 N–H and O–H groups in total. The zero-order chi connectivity index (χ0) is 13.5. The highest BCUT2D eigenvalue weighted by atomic mass is 16.5. The predicted molar refractivity (Wildman–Crippen MR) is 73.3 cm³/mol. The number of rotatable bonds is 7. The normalized spacial score (nSPS) is 13.3. The Morgan fingerprint density at radius 3 is 2.95 bits per heavy atom. The Morgan fingerprint density at radius 2 is 2.11 bits per heavy atom. The number of amides is 1. The number of hydrogen-bond acceptors (Lipinski definition) is 3. The fourth-order valence-corrected chi connectivity index (χ4v) is 2.36. The first kappa shape index (κ1) is 14.0. The number of aryl methyl sites for hydroxylation is 2. The topological polar surface area (TPSA) is 58.6 Å². The molecule has 0 unspecified atom stereocenters. The molecule has 19 heavy (non-hydrogen) atoms. The molecule has 0 atom stereocenters. The summed E-state index contributed by atoms with van der Waals surface area (Å²) in [5.41, 5.74) is 3.45. The first-order valence-electron chi connectivity index (χ1n) is 6.90. The van der Waals surface area contributed by atoms with Gasteiger partial charge in [-0.05, 0) is 48.9 Å². The highest BCUT2D eigenvalue weighted by molar-refractivity contribution is 5.94. The Balaban J connectivity index is 1.74. The molecule has 1 aliphatic carbocycles. The zero-order valence-electron chi connectivity index (χ0n) is 11.2. The summed E-state index contributed by atoms with van der Waals surface area (Å²) >= 11 is 0. The summed E-state index contributed by atoms with van der Waals surface area (Å²) in [5, 5.41) is 11.4. The lowest BCUT2D eigenvalue weighted by molar-refractivity contribution is 0.0867. The fraction of sp³-hybridized carbons (Fsp3) is 0.533. The molecule has 4 nitrogen and oxygen atoms in total. The Kier molecular flexibility index (Phi) is 5.36. The molecule has 4 heteroatoms. The number of hydrogen-bond donors (Lipinski definition) is 2. The lowest BCUT2D eigenvalue weighted by atomic mass is 10.1. The maximum atomic E-state index is 11.9. The van der Waals surface area contributed by atoms with Gasteiger partial charge in [0.05, 0.1) is 13.2 Å². The van der Waals surface area contributed by atoms with Gasteiger partial charge in [0.25, 0.3) is 5.91 Å². The third kappa shape index (κ3) is 4.04. The lowest BCUT2D eigenvalue weighted by Crippen LogP contribution is -2.25. The Morgan fingerprint density at radius 1 is 1.26 bits per heavy atom. The van der Waals surface area contributed by atoms with E-state index < -0.39 is 0 Å². The van der Waals surface area contributed by atoms with E-state index in [1.54, 1.807) is 0 Å². The molecule has 0 spiro atoms. The summed E-state index contributed by atoms with van der Waals surface area (Å²) in [4.78, 5) is 11.9. The summed E-state index contributed by atoms with van der Waals surface area (Å²) in [6.45, 7) is 1.56. The van der Waals surface area contributed by atoms with Crippen LogP contribution in [-0.2, 0) is 17.6 Å². The summed E-state index contributed by atoms with van der Waals surface area (Å²) in [7, 11) is 0. The van der Waals surface area contributed by atoms with E-state index >= 15 is 0 Å². The predicted octanol–water partition coefficient (Wildman–Crippen LogP) is 1.30. The van der Waals surface area contributed by atoms with Crippen molar-refractivity contribution in [2.45, 2.75) is 25.7 Å². The minimum Gasteiger partial charge on any atom is -0.394 e. The van der Waals surface area contributed by atoms with Crippen molar-refractivity contribution >= 4 is 5.91 Å². The average molecular weight is 263 g/mol. The standard InChI is InChI=1S/C15H21NO3/c17-8-10-19-9-2-7-16-15(18)14-6-5-12-3-1-4-13(12)11-14/h5-6,11,17H,1-4,7-10H2,(H,16,18). The van der Waals surface area contributed by atoms with E-state index in [0.717, 1.165) is 24.8 Å². The second kappa shape index (κ2) is 7.26. The van der Waals surface area contributed by atoms with Crippen LogP contribution in [-0.4, -0.2) is 37.4 Å². The van der Waals surface area contributed by atoms with Gasteiger partial charge < -0.3 is 15.2 Å². The Labute approximate surface area is 113 Å². The molecule has 0 saturated carbocycles. The van der Waals surface area contributed by atoms with Crippen molar-refractivity contribution in [3.8, 4) is 0 Å². The van der Waals surface area contributed by atoms with Crippen LogP contribution in [0.1, 0.15) is 34.3 Å². The van der Waals surface area contributed by atoms with Gasteiger partial charge in [0.15, 0.2) is 0 Å². The SMILES string of the molecule is O=C(NCCCOCCO)c1ccc2c(c1)CCC2. The van der Waals surface area contributed by atoms with Gasteiger partial charge in [0, 0.05) is 18.7 Å². The molecule has 0 bridgehead atoms. The number of fused-ring (bicyclic) bond motifs is 1. The van der Waals surface area contributed by atoms with Crippen molar-refractivity contribution in [1.29, 1.82) is 0 Å². The number of carbonyl (C=O) groups is 1. The van der Waals surface area contributed by atoms with E-state index in [1.807, 2.05) is 12.1 Å². The highest BCUT2D eigenvalue weighted by Crippen LogP contribution is 2.22. The van der Waals surface area contributed by atoms with Gasteiger partial charge in [0.2, 0.25) is 0 Å². The van der Waals surface area contributed by atoms with Gasteiger partial charge in [-0.2, -0.15) is 0 Å². The van der Waals surface area contributed by atoms with Crippen LogP contribution in [0.2, 0.25) is 0 Å². The van der Waals surface area contributed by atoms with Gasteiger partial charge in [-0.1, -0.05) is 6.07 Å². The van der Waals surface area contributed by atoms with Crippen LogP contribution < -0.4 is 5.32 Å². The quantitative estimate of drug-likeness (QED) is 0.729. The largest absolute Gasteiger partial charge is 0.394 e. The van der Waals surface area contributed by atoms with Crippen molar-refractivity contribution in [3.05, 3.63) is 34.9 Å². The smallest absolute Gasteiger partial charge is 0.251 e. The molecule has 0 radical (unpaired) electrons. The molecule has 104 valence electrons. The number of carbonyl (C=O) groups excluding carboxylic acids is 1. The maximum Gasteiger partial charge on any atom is 0.251 e. The number of aliphatic hydroxyl groups excluding tert-OH is 1. The molecular formula is C15H21NO3. The third-order valence-corrected chi connectivity index (χ3v) is 3.35. The molecule has 0 heterocycles. The van der Waals surface area contributed by atoms with Gasteiger partial charge in [0.1, 0.15) is 0 Å². The third-order valence-electron chi connectivity index (χ3n) is 3.35. The molecule has 0 aliphatic heterocycles. The molecule has 0 saturated heterocycles. The van der Waals surface area contributed by atoms with E-state index in [1.165, 1.54) is 17.5 Å². The zero-order valence-corrected chi connectivity index (χ0v) is 11.2. The van der Waals surface area contributed by atoms with Crippen LogP contribution in [0.5, 0.6) is 0 Å². The molecule has 0 fully saturated rings. The lowest BCUT2D eigenvalue weighted by Gasteiger charge is -2.07. The molecular weight excluding hydrogens is 242 g/mol. The highest BCUT2D eigenvalue weighted by Gasteiger charge is 2.13. The van der Waals surface area contributed by atoms with Crippen molar-refractivity contribution in [2.24, 2.45) is 0 Å². The van der Waals surface area contributed by atoms with Crippen molar-refractivity contribution in [2.75, 3.05) is 26.4 Å². The first-order valence-corrected chi connectivity index (χ1v) is 6.90. The van der Waals surface area contributed by atoms with E-state index in [4.69, 9.17) is 9.84 Å². The minimum atomic E-state index is -0.0168. The van der Waals surface area contributed by atoms with Crippen LogP contribution in [0.4, 0.5) is 0 Å². The van der Waals surface area contributed by atoms with Crippen molar-refractivity contribution in [1.82, 2.24) is 5.32 Å². The second-order valence-corrected chi connectivity index (χ2v) is 4.78. The average Bonchev–Trinajstić information content (AvgIpc) is 2.89. The second-order valence-electron chi connectivity index (χ2n) is 4.78. The van der Waals surface area contributed by atoms with Crippen LogP contribution >= 0.6 is 0 Å². The number of aliphatic hydroxyl groups is 1. The number of nitrogens with one attached hydrogen (secondary N) is 1. The Bertz CT molecular complexity index is 431. The summed E-state index contributed by atoms with van der Waals surface area (Å²) in [5.74, 6) is -0.0168.